The molecule has 0 aliphatic heterocycles. The molecular formula is C11H14N2O4. The monoisotopic (exact) mass is 238 g/mol. The molecule has 6 heteroatoms. The largest absolute Gasteiger partial charge is 0.478 e. The summed E-state index contributed by atoms with van der Waals surface area (Å²) in [4.78, 5) is 34.0. The summed E-state index contributed by atoms with van der Waals surface area (Å²) in [7, 11) is 1.45. The number of aryl methyl sites for hydroxylation is 1. The Bertz CT molecular complexity index is 531. The van der Waals surface area contributed by atoms with Gasteiger partial charge in [-0.25, -0.2) is 4.79 Å². The smallest absolute Gasteiger partial charge is 0.337 e. The maximum Gasteiger partial charge on any atom is 0.337 e. The van der Waals surface area contributed by atoms with Gasteiger partial charge in [0.1, 0.15) is 6.54 Å². The van der Waals surface area contributed by atoms with Gasteiger partial charge in [-0.15, -0.1) is 0 Å². The van der Waals surface area contributed by atoms with Gasteiger partial charge in [-0.1, -0.05) is 0 Å². The Labute approximate surface area is 97.9 Å². The van der Waals surface area contributed by atoms with E-state index >= 15 is 0 Å². The second-order valence-electron chi connectivity index (χ2n) is 3.69. The second-order valence-corrected chi connectivity index (χ2v) is 3.69. The van der Waals surface area contributed by atoms with E-state index in [9.17, 15) is 14.4 Å². The Morgan fingerprint density at radius 3 is 2.47 bits per heavy atom. The summed E-state index contributed by atoms with van der Waals surface area (Å²) in [5.74, 6) is -1.46. The van der Waals surface area contributed by atoms with Crippen LogP contribution in [0.3, 0.4) is 0 Å². The van der Waals surface area contributed by atoms with Crippen LogP contribution in [0.5, 0.6) is 0 Å². The third kappa shape index (κ3) is 2.52. The van der Waals surface area contributed by atoms with Crippen molar-refractivity contribution in [2.45, 2.75) is 20.4 Å². The van der Waals surface area contributed by atoms with E-state index in [0.717, 1.165) is 4.57 Å². The minimum atomic E-state index is -1.11. The van der Waals surface area contributed by atoms with Crippen LogP contribution in [-0.4, -0.2) is 28.6 Å². The second kappa shape index (κ2) is 4.82. The van der Waals surface area contributed by atoms with Gasteiger partial charge < -0.3 is 15.0 Å². The molecule has 6 nitrogen and oxygen atoms in total. The van der Waals surface area contributed by atoms with E-state index in [0.29, 0.717) is 5.56 Å². The van der Waals surface area contributed by atoms with Gasteiger partial charge in [0.15, 0.2) is 0 Å². The topological polar surface area (TPSA) is 88.4 Å². The molecule has 17 heavy (non-hydrogen) atoms. The molecule has 0 atom stereocenters. The van der Waals surface area contributed by atoms with Crippen molar-refractivity contribution in [3.63, 3.8) is 0 Å². The first kappa shape index (κ1) is 13.0. The van der Waals surface area contributed by atoms with Crippen molar-refractivity contribution in [2.75, 3.05) is 7.05 Å². The highest BCUT2D eigenvalue weighted by molar-refractivity contribution is 5.90. The van der Waals surface area contributed by atoms with Gasteiger partial charge in [-0.3, -0.25) is 9.59 Å². The van der Waals surface area contributed by atoms with E-state index < -0.39 is 5.97 Å². The summed E-state index contributed by atoms with van der Waals surface area (Å²) >= 11 is 0. The Morgan fingerprint density at radius 2 is 2.00 bits per heavy atom. The lowest BCUT2D eigenvalue weighted by Crippen LogP contribution is -2.32. The molecule has 92 valence electrons. The summed E-state index contributed by atoms with van der Waals surface area (Å²) in [6.07, 6.45) is 0. The van der Waals surface area contributed by atoms with Crippen molar-refractivity contribution in [2.24, 2.45) is 0 Å². The third-order valence-corrected chi connectivity index (χ3v) is 2.56. The molecule has 2 N–H and O–H groups in total. The number of aromatic carboxylic acids is 1. The molecule has 0 aliphatic carbocycles. The standard InChI is InChI=1S/C11H14N2O4/c1-6-4-9(15)13(5-8(14)12-3)7(2)10(6)11(16)17/h4H,5H2,1-3H3,(H,12,14)(H,16,17). The van der Waals surface area contributed by atoms with Gasteiger partial charge in [-0.05, 0) is 19.4 Å². The number of amides is 1. The highest BCUT2D eigenvalue weighted by Gasteiger charge is 2.16. The molecule has 1 rings (SSSR count). The first-order valence-corrected chi connectivity index (χ1v) is 5.03. The molecule has 0 spiro atoms. The van der Waals surface area contributed by atoms with Gasteiger partial charge in [0.25, 0.3) is 5.56 Å². The van der Waals surface area contributed by atoms with Crippen LogP contribution >= 0.6 is 0 Å². The molecule has 0 unspecified atom stereocenters. The summed E-state index contributed by atoms with van der Waals surface area (Å²) in [5, 5.41) is 11.4. The lowest BCUT2D eigenvalue weighted by atomic mass is 10.1. The highest BCUT2D eigenvalue weighted by Crippen LogP contribution is 2.10. The Balaban J connectivity index is 3.41. The van der Waals surface area contributed by atoms with Crippen LogP contribution in [0.2, 0.25) is 0 Å². The summed E-state index contributed by atoms with van der Waals surface area (Å²) in [6, 6.07) is 1.22. The molecule has 1 aromatic rings. The third-order valence-electron chi connectivity index (χ3n) is 2.56. The van der Waals surface area contributed by atoms with Crippen molar-refractivity contribution in [1.82, 2.24) is 9.88 Å². The van der Waals surface area contributed by atoms with Gasteiger partial charge in [0.05, 0.1) is 5.56 Å². The summed E-state index contributed by atoms with van der Waals surface area (Å²) in [5.41, 5.74) is 0.362. The van der Waals surface area contributed by atoms with Gasteiger partial charge >= 0.3 is 5.97 Å². The molecular weight excluding hydrogens is 224 g/mol. The summed E-state index contributed by atoms with van der Waals surface area (Å²) in [6.45, 7) is 2.89. The number of carboxylic acid groups (broad SMARTS) is 1. The van der Waals surface area contributed by atoms with Crippen molar-refractivity contribution in [3.8, 4) is 0 Å². The Hall–Kier alpha value is -2.11. The molecule has 1 amide bonds. The zero-order valence-corrected chi connectivity index (χ0v) is 9.90. The molecule has 0 saturated carbocycles. The van der Waals surface area contributed by atoms with Crippen molar-refractivity contribution < 1.29 is 14.7 Å². The number of hydrogen-bond donors (Lipinski definition) is 2. The molecule has 0 aromatic carbocycles. The molecule has 0 bridgehead atoms. The van der Waals surface area contributed by atoms with E-state index in [4.69, 9.17) is 5.11 Å². The number of carbonyl (C=O) groups is 2. The van der Waals surface area contributed by atoms with E-state index in [1.54, 1.807) is 6.92 Å². The van der Waals surface area contributed by atoms with Crippen LogP contribution in [0.25, 0.3) is 0 Å². The minimum absolute atomic E-state index is 0.0634. The predicted octanol–water partition coefficient (Wildman–Crippen LogP) is -0.0907. The number of hydrogen-bond acceptors (Lipinski definition) is 3. The van der Waals surface area contributed by atoms with Gasteiger partial charge in [0, 0.05) is 18.8 Å². The normalized spacial score (nSPS) is 10.1. The molecule has 1 aromatic heterocycles. The van der Waals surface area contributed by atoms with E-state index in [1.807, 2.05) is 0 Å². The first-order chi connectivity index (χ1) is 7.88. The zero-order chi connectivity index (χ0) is 13.2. The number of pyridine rings is 1. The van der Waals surface area contributed by atoms with Crippen molar-refractivity contribution in [1.29, 1.82) is 0 Å². The van der Waals surface area contributed by atoms with Gasteiger partial charge in [-0.2, -0.15) is 0 Å². The van der Waals surface area contributed by atoms with E-state index in [2.05, 4.69) is 5.32 Å². The van der Waals surface area contributed by atoms with Crippen LogP contribution in [-0.2, 0) is 11.3 Å². The number of rotatable bonds is 3. The first-order valence-electron chi connectivity index (χ1n) is 5.03. The number of aromatic nitrogens is 1. The maximum absolute atomic E-state index is 11.7. The molecule has 0 fully saturated rings. The van der Waals surface area contributed by atoms with Crippen LogP contribution < -0.4 is 10.9 Å². The minimum Gasteiger partial charge on any atom is -0.478 e. The molecule has 0 aliphatic rings. The number of likely N-dealkylation sites (N-methyl/N-ethyl adjacent to an activating group) is 1. The quantitative estimate of drug-likeness (QED) is 0.770. The fourth-order valence-corrected chi connectivity index (χ4v) is 1.66. The van der Waals surface area contributed by atoms with Crippen LogP contribution in [0.15, 0.2) is 10.9 Å². The van der Waals surface area contributed by atoms with Crippen LogP contribution in [0, 0.1) is 13.8 Å². The summed E-state index contributed by atoms with van der Waals surface area (Å²) < 4.78 is 1.15. The van der Waals surface area contributed by atoms with Crippen LogP contribution in [0.4, 0.5) is 0 Å². The number of carboxylic acids is 1. The fourth-order valence-electron chi connectivity index (χ4n) is 1.66. The average molecular weight is 238 g/mol. The molecule has 0 radical (unpaired) electrons. The SMILES string of the molecule is CNC(=O)Cn1c(C)c(C(=O)O)c(C)cc1=O. The maximum atomic E-state index is 11.7. The zero-order valence-electron chi connectivity index (χ0n) is 9.90. The van der Waals surface area contributed by atoms with E-state index in [1.165, 1.54) is 20.0 Å². The fraction of sp³-hybridized carbons (Fsp3) is 0.364. The van der Waals surface area contributed by atoms with Crippen LogP contribution in [0.1, 0.15) is 21.6 Å². The molecule has 0 saturated heterocycles. The lowest BCUT2D eigenvalue weighted by Gasteiger charge is -2.13. The number of nitrogens with zero attached hydrogens (tertiary/aromatic N) is 1. The highest BCUT2D eigenvalue weighted by atomic mass is 16.4. The Kier molecular flexibility index (Phi) is 3.67. The average Bonchev–Trinajstić information content (AvgIpc) is 2.22. The lowest BCUT2D eigenvalue weighted by molar-refractivity contribution is -0.121. The number of nitrogens with one attached hydrogen (secondary N) is 1. The van der Waals surface area contributed by atoms with Crippen molar-refractivity contribution in [3.05, 3.63) is 33.2 Å². The van der Waals surface area contributed by atoms with Crippen molar-refractivity contribution >= 4 is 11.9 Å². The van der Waals surface area contributed by atoms with E-state index in [-0.39, 0.29) is 29.3 Å². The van der Waals surface area contributed by atoms with Gasteiger partial charge in [0.2, 0.25) is 5.91 Å². The predicted molar refractivity (Wildman–Crippen MR) is 61.2 cm³/mol. The molecule has 1 heterocycles. The number of carbonyl (C=O) groups excluding carboxylic acids is 1. The Morgan fingerprint density at radius 1 is 1.41 bits per heavy atom.